The molecule has 0 saturated carbocycles. The molecule has 2 aliphatic rings. The van der Waals surface area contributed by atoms with Crippen molar-refractivity contribution in [2.45, 2.75) is 72.6 Å². The average Bonchev–Trinajstić information content (AvgIpc) is 3.54. The van der Waals surface area contributed by atoms with Gasteiger partial charge in [0.05, 0.1) is 4.88 Å². The predicted molar refractivity (Wildman–Crippen MR) is 166 cm³/mol. The molecule has 8 heteroatoms. The van der Waals surface area contributed by atoms with Gasteiger partial charge in [-0.05, 0) is 76.3 Å². The van der Waals surface area contributed by atoms with E-state index < -0.39 is 0 Å². The van der Waals surface area contributed by atoms with Gasteiger partial charge in [0.2, 0.25) is 5.78 Å². The predicted octanol–water partition coefficient (Wildman–Crippen LogP) is 6.34. The summed E-state index contributed by atoms with van der Waals surface area (Å²) >= 11 is 3.55. The molecule has 0 spiro atoms. The molecule has 2 heterocycles. The second kappa shape index (κ2) is 13.8. The van der Waals surface area contributed by atoms with E-state index in [0.29, 0.717) is 0 Å². The molecule has 6 rings (SSSR count). The Morgan fingerprint density at radius 3 is 1.77 bits per heavy atom. The second-order valence-electron chi connectivity index (χ2n) is 11.9. The minimum atomic E-state index is 0. The van der Waals surface area contributed by atoms with Crippen LogP contribution in [-0.4, -0.2) is 16.7 Å². The minimum absolute atomic E-state index is 0. The van der Waals surface area contributed by atoms with Gasteiger partial charge < -0.3 is 11.0 Å². The number of thiophene rings is 2. The fraction of sp³-hybridized carbons (Fsp3) is 0.344. The van der Waals surface area contributed by atoms with E-state index in [0.717, 1.165) is 28.0 Å². The molecule has 2 aromatic carbocycles. The third-order valence-corrected chi connectivity index (χ3v) is 9.13. The van der Waals surface area contributed by atoms with Crippen molar-refractivity contribution in [3.63, 3.8) is 0 Å². The topological polar surface area (TPSA) is 126 Å². The summed E-state index contributed by atoms with van der Waals surface area (Å²) in [6.07, 6.45) is 1.13. The number of carbonyl (C=O) groups excluding carboxylic acids is 1. The van der Waals surface area contributed by atoms with Crippen LogP contribution in [0.25, 0.3) is 22.3 Å². The summed E-state index contributed by atoms with van der Waals surface area (Å²) in [5.74, 6) is 0.198. The molecule has 4 aromatic rings. The smallest absolute Gasteiger partial charge is 0.870 e. The van der Waals surface area contributed by atoms with Gasteiger partial charge in [-0.25, -0.2) is 11.1 Å². The normalized spacial score (nSPS) is 12.1. The first-order chi connectivity index (χ1) is 17.3. The van der Waals surface area contributed by atoms with Gasteiger partial charge in [0, 0.05) is 33.6 Å². The second-order valence-corrected chi connectivity index (χ2v) is 14.5. The first-order valence-corrected chi connectivity index (χ1v) is 14.2. The van der Waals surface area contributed by atoms with Gasteiger partial charge in [0.1, 0.15) is 0 Å². The van der Waals surface area contributed by atoms with Crippen molar-refractivity contribution in [1.29, 1.82) is 11.1 Å². The minimum Gasteiger partial charge on any atom is -0.870 e. The summed E-state index contributed by atoms with van der Waals surface area (Å²) in [6, 6.07) is 17.8. The molecule has 5 N–H and O–H groups in total. The van der Waals surface area contributed by atoms with Crippen molar-refractivity contribution < 1.29 is 68.6 Å². The summed E-state index contributed by atoms with van der Waals surface area (Å²) in [4.78, 5) is 17.5. The van der Waals surface area contributed by atoms with E-state index in [4.69, 9.17) is 11.1 Å². The van der Waals surface area contributed by atoms with Crippen LogP contribution in [0.3, 0.4) is 0 Å². The number of hydrogen-bond donors (Lipinski definition) is 2. The van der Waals surface area contributed by atoms with E-state index >= 15 is 0 Å². The Hall–Kier alpha value is -1.33. The molecule has 0 bridgehead atoms. The van der Waals surface area contributed by atoms with Crippen LogP contribution in [0.15, 0.2) is 48.5 Å². The van der Waals surface area contributed by atoms with Crippen LogP contribution in [0.2, 0.25) is 0 Å². The van der Waals surface area contributed by atoms with Crippen LogP contribution >= 0.6 is 22.7 Å². The molecule has 0 amide bonds. The van der Waals surface area contributed by atoms with Crippen LogP contribution in [-0.2, 0) is 17.3 Å². The maximum absolute atomic E-state index is 12.4. The van der Waals surface area contributed by atoms with Crippen LogP contribution in [0.4, 0.5) is 0 Å². The summed E-state index contributed by atoms with van der Waals surface area (Å²) in [5.41, 5.74) is 20.6. The zero-order valence-corrected chi connectivity index (χ0v) is 29.8. The number of aryl methyl sites for hydroxylation is 2. The maximum atomic E-state index is 12.4. The van der Waals surface area contributed by atoms with E-state index in [9.17, 15) is 4.79 Å². The fourth-order valence-electron chi connectivity index (χ4n) is 5.00. The monoisotopic (exact) mass is 604 g/mol. The van der Waals surface area contributed by atoms with Crippen LogP contribution < -0.4 is 51.4 Å². The molecule has 2 aliphatic carbocycles. The summed E-state index contributed by atoms with van der Waals surface area (Å²) in [6.45, 7) is 17.6. The zero-order chi connectivity index (χ0) is 27.3. The van der Waals surface area contributed by atoms with Gasteiger partial charge in [-0.1, -0.05) is 71.9 Å². The van der Waals surface area contributed by atoms with Crippen LogP contribution in [0.1, 0.15) is 89.5 Å². The number of nitrogens with one attached hydrogen (secondary N) is 2. The van der Waals surface area contributed by atoms with Gasteiger partial charge >= 0.3 is 51.4 Å². The quantitative estimate of drug-likeness (QED) is 0.155. The van der Waals surface area contributed by atoms with Gasteiger partial charge in [-0.15, -0.1) is 22.7 Å². The molecule has 0 fully saturated rings. The third-order valence-electron chi connectivity index (χ3n) is 7.03. The zero-order valence-electron chi connectivity index (χ0n) is 25.0. The van der Waals surface area contributed by atoms with E-state index in [1.54, 1.807) is 16.2 Å². The Labute approximate surface area is 290 Å². The van der Waals surface area contributed by atoms with Gasteiger partial charge in [-0.2, -0.15) is 0 Å². The number of rotatable bonds is 0. The van der Waals surface area contributed by atoms with Crippen molar-refractivity contribution in [3.05, 3.63) is 90.3 Å². The first kappa shape index (κ1) is 36.7. The van der Waals surface area contributed by atoms with Crippen molar-refractivity contribution in [2.24, 2.45) is 0 Å². The van der Waals surface area contributed by atoms with E-state index in [1.807, 2.05) is 11.3 Å². The fourth-order valence-corrected chi connectivity index (χ4v) is 7.05. The number of hydrogen-bond acceptors (Lipinski definition) is 6. The molecule has 40 heavy (non-hydrogen) atoms. The van der Waals surface area contributed by atoms with Crippen molar-refractivity contribution in [2.75, 3.05) is 0 Å². The molecule has 0 unspecified atom stereocenters. The molecule has 0 radical (unpaired) electrons. The molecular weight excluding hydrogens is 564 g/mol. The Kier molecular flexibility index (Phi) is 12.6. The maximum Gasteiger partial charge on any atom is 1.00 e. The van der Waals surface area contributed by atoms with E-state index in [2.05, 4.69) is 104 Å². The molecule has 0 atom stereocenters. The van der Waals surface area contributed by atoms with Gasteiger partial charge in [0.15, 0.2) is 0 Å². The summed E-state index contributed by atoms with van der Waals surface area (Å²) in [5, 5.41) is 0. The molecule has 0 saturated heterocycles. The van der Waals surface area contributed by atoms with Gasteiger partial charge in [0.25, 0.3) is 0 Å². The third kappa shape index (κ3) is 7.17. The molecule has 210 valence electrons. The Morgan fingerprint density at radius 2 is 1.20 bits per heavy atom. The molecular formula is C32H41KN2O3S2. The largest absolute Gasteiger partial charge is 1.00 e. The number of carbonyl (C=O) groups is 1. The Balaban J connectivity index is 0.000000675. The average molecular weight is 605 g/mol. The first-order valence-electron chi connectivity index (χ1n) is 12.6. The number of benzene rings is 2. The summed E-state index contributed by atoms with van der Waals surface area (Å²) in [7, 11) is 0. The molecule has 2 aromatic heterocycles. The summed E-state index contributed by atoms with van der Waals surface area (Å²) < 4.78 is 0. The molecule has 0 aliphatic heterocycles. The van der Waals surface area contributed by atoms with E-state index in [1.165, 1.54) is 37.6 Å². The van der Waals surface area contributed by atoms with Crippen molar-refractivity contribution >= 4 is 28.5 Å². The Bertz CT molecular complexity index is 1510. The number of fused-ring (bicyclic) bond motifs is 6. The van der Waals surface area contributed by atoms with Crippen LogP contribution in [0.5, 0.6) is 0 Å². The Morgan fingerprint density at radius 1 is 0.700 bits per heavy atom. The van der Waals surface area contributed by atoms with Gasteiger partial charge in [-0.3, -0.25) is 4.79 Å². The standard InChI is InChI=1S/C16H16OS.C16H18S.K.H2N2.2H2O.H2/c1-9-7-13-11-6-5-10(16(2,3)4)8-12(11)14(17)15(13)18-9;1-10-7-14-13-6-5-12(16(2,3)4)8-11(13)9-15(14)17-10;;1-2;;;/h5-8H,1-4H3;5-8H,9H2,1-4H3;;1-2H;2*1H2;1H/q;;+1;;;;/p-1. The molecule has 5 nitrogen and oxygen atoms in total. The van der Waals surface area contributed by atoms with Crippen molar-refractivity contribution in [1.82, 2.24) is 0 Å². The number of ketones is 1. The SMILES string of the molecule is Cc1cc2c(s1)C(=O)c1cc(C(C)(C)C)ccc1-2.Cc1cc2c(s1)Cc1cc(C(C)(C)C)ccc1-2.N=N.O.[HH].[K+].[OH-]. The van der Waals surface area contributed by atoms with E-state index in [-0.39, 0.29) is 80.4 Å². The van der Waals surface area contributed by atoms with Crippen LogP contribution in [0, 0.1) is 24.9 Å². The van der Waals surface area contributed by atoms with Crippen molar-refractivity contribution in [3.8, 4) is 22.3 Å².